The maximum atomic E-state index is 13.4. The first-order valence-corrected chi connectivity index (χ1v) is 14.2. The molecule has 1 unspecified atom stereocenters. The van der Waals surface area contributed by atoms with Crippen molar-refractivity contribution in [3.05, 3.63) is 65.7 Å². The van der Waals surface area contributed by atoms with Gasteiger partial charge in [-0.05, 0) is 57.4 Å². The molecule has 7 nitrogen and oxygen atoms in total. The van der Waals surface area contributed by atoms with Crippen molar-refractivity contribution < 1.29 is 31.2 Å². The molecule has 0 saturated carbocycles. The highest BCUT2D eigenvalue weighted by Crippen LogP contribution is 2.32. The third kappa shape index (κ3) is 9.34. The highest BCUT2D eigenvalue weighted by molar-refractivity contribution is 7.92. The zero-order valence-corrected chi connectivity index (χ0v) is 23.2. The van der Waals surface area contributed by atoms with Crippen molar-refractivity contribution in [2.75, 3.05) is 17.1 Å². The molecular weight excluding hydrogens is 519 g/mol. The number of amides is 2. The molecule has 0 aliphatic rings. The maximum Gasteiger partial charge on any atom is 0.416 e. The summed E-state index contributed by atoms with van der Waals surface area (Å²) in [6, 6.07) is 12.5. The Labute approximate surface area is 223 Å². The normalized spacial score (nSPS) is 13.1. The van der Waals surface area contributed by atoms with Crippen molar-refractivity contribution in [1.82, 2.24) is 10.2 Å². The quantitative estimate of drug-likeness (QED) is 0.424. The fourth-order valence-corrected chi connectivity index (χ4v) is 4.95. The van der Waals surface area contributed by atoms with Crippen LogP contribution in [0.4, 0.5) is 18.9 Å². The minimum atomic E-state index is -4.63. The number of hydrogen-bond donors (Lipinski definition) is 1. The first-order chi connectivity index (χ1) is 17.5. The van der Waals surface area contributed by atoms with Gasteiger partial charge in [-0.25, -0.2) is 8.42 Å². The Morgan fingerprint density at radius 3 is 2.16 bits per heavy atom. The number of benzene rings is 2. The van der Waals surface area contributed by atoms with Gasteiger partial charge < -0.3 is 10.2 Å². The van der Waals surface area contributed by atoms with Gasteiger partial charge in [-0.2, -0.15) is 13.2 Å². The summed E-state index contributed by atoms with van der Waals surface area (Å²) in [6.45, 7) is 7.31. The highest BCUT2D eigenvalue weighted by Gasteiger charge is 2.32. The Hall–Kier alpha value is -3.08. The zero-order valence-electron chi connectivity index (χ0n) is 22.4. The van der Waals surface area contributed by atoms with Crippen LogP contribution in [0.1, 0.15) is 58.1 Å². The molecule has 0 spiro atoms. The lowest BCUT2D eigenvalue weighted by Crippen LogP contribution is -2.53. The van der Waals surface area contributed by atoms with Crippen LogP contribution in [0.2, 0.25) is 0 Å². The van der Waals surface area contributed by atoms with Crippen molar-refractivity contribution in [3.63, 3.8) is 0 Å². The Bertz CT molecular complexity index is 1200. The van der Waals surface area contributed by atoms with Crippen LogP contribution in [-0.2, 0) is 32.3 Å². The number of anilines is 1. The molecule has 0 aliphatic heterocycles. The first kappa shape index (κ1) is 31.1. The van der Waals surface area contributed by atoms with E-state index in [1.165, 1.54) is 11.0 Å². The average Bonchev–Trinajstić information content (AvgIpc) is 2.79. The van der Waals surface area contributed by atoms with Gasteiger partial charge in [0.1, 0.15) is 6.04 Å². The monoisotopic (exact) mass is 555 g/mol. The van der Waals surface area contributed by atoms with Gasteiger partial charge in [-0.1, -0.05) is 43.3 Å². The number of sulfonamides is 1. The van der Waals surface area contributed by atoms with Crippen molar-refractivity contribution in [3.8, 4) is 0 Å². The van der Waals surface area contributed by atoms with Crippen molar-refractivity contribution in [1.29, 1.82) is 0 Å². The molecule has 11 heteroatoms. The Kier molecular flexibility index (Phi) is 10.4. The van der Waals surface area contributed by atoms with Crippen molar-refractivity contribution in [2.45, 2.75) is 71.3 Å². The lowest BCUT2D eigenvalue weighted by Gasteiger charge is -2.33. The van der Waals surface area contributed by atoms with E-state index in [0.29, 0.717) is 6.42 Å². The molecule has 0 aliphatic carbocycles. The summed E-state index contributed by atoms with van der Waals surface area (Å²) in [5.74, 6) is -0.659. The first-order valence-electron chi connectivity index (χ1n) is 12.3. The van der Waals surface area contributed by atoms with Crippen molar-refractivity contribution >= 4 is 27.5 Å². The second-order valence-electron chi connectivity index (χ2n) is 10.2. The molecule has 1 atom stereocenters. The van der Waals surface area contributed by atoms with E-state index in [4.69, 9.17) is 0 Å². The van der Waals surface area contributed by atoms with Gasteiger partial charge in [0, 0.05) is 25.0 Å². The Morgan fingerprint density at radius 2 is 1.63 bits per heavy atom. The summed E-state index contributed by atoms with van der Waals surface area (Å²) in [6.07, 6.45) is -3.42. The average molecular weight is 556 g/mol. The smallest absolute Gasteiger partial charge is 0.350 e. The van der Waals surface area contributed by atoms with E-state index >= 15 is 0 Å². The summed E-state index contributed by atoms with van der Waals surface area (Å²) >= 11 is 0. The van der Waals surface area contributed by atoms with E-state index < -0.39 is 33.3 Å². The minimum absolute atomic E-state index is 0.0464. The minimum Gasteiger partial charge on any atom is -0.350 e. The number of hydrogen-bond acceptors (Lipinski definition) is 4. The van der Waals surface area contributed by atoms with Gasteiger partial charge >= 0.3 is 6.18 Å². The fraction of sp³-hybridized carbons (Fsp3) is 0.481. The molecule has 0 saturated heterocycles. The molecule has 2 amide bonds. The van der Waals surface area contributed by atoms with Gasteiger partial charge in [-0.15, -0.1) is 0 Å². The number of carbonyl (C=O) groups excluding carboxylic acids is 2. The zero-order chi connectivity index (χ0) is 28.7. The van der Waals surface area contributed by atoms with Crippen LogP contribution in [0.5, 0.6) is 0 Å². The van der Waals surface area contributed by atoms with Crippen LogP contribution in [0.3, 0.4) is 0 Å². The van der Waals surface area contributed by atoms with E-state index in [1.807, 2.05) is 51.1 Å². The second-order valence-corrected chi connectivity index (χ2v) is 12.1. The standard InChI is InChI=1S/C27H36F3N3O4S/c1-6-23(25(35)31-26(2,3)4)32(19-20-12-8-7-9-13-20)24(34)16-11-17-33(38(5,36)37)22-15-10-14-21(18-22)27(28,29)30/h7-10,12-15,18,23H,6,11,16-17,19H2,1-5H3,(H,31,35). The molecule has 38 heavy (non-hydrogen) atoms. The van der Waals surface area contributed by atoms with Gasteiger partial charge in [0.25, 0.3) is 0 Å². The lowest BCUT2D eigenvalue weighted by molar-refractivity contribution is -0.142. The van der Waals surface area contributed by atoms with E-state index in [0.717, 1.165) is 34.3 Å². The summed E-state index contributed by atoms with van der Waals surface area (Å²) in [5.41, 5.74) is -0.784. The molecule has 2 rings (SSSR count). The topological polar surface area (TPSA) is 86.8 Å². The number of nitrogens with zero attached hydrogens (tertiary/aromatic N) is 2. The highest BCUT2D eigenvalue weighted by atomic mass is 32.2. The summed E-state index contributed by atoms with van der Waals surface area (Å²) < 4.78 is 65.2. The summed E-state index contributed by atoms with van der Waals surface area (Å²) in [7, 11) is -3.92. The Balaban J connectivity index is 2.25. The fourth-order valence-electron chi connectivity index (χ4n) is 3.99. The number of nitrogens with one attached hydrogen (secondary N) is 1. The largest absolute Gasteiger partial charge is 0.416 e. The molecule has 2 aromatic carbocycles. The lowest BCUT2D eigenvalue weighted by atomic mass is 10.0. The number of halogens is 3. The van der Waals surface area contributed by atoms with Crippen LogP contribution >= 0.6 is 0 Å². The molecule has 0 fully saturated rings. The van der Waals surface area contributed by atoms with Gasteiger partial charge in [0.2, 0.25) is 21.8 Å². The molecular formula is C27H36F3N3O4S. The van der Waals surface area contributed by atoms with Gasteiger partial charge in [0.15, 0.2) is 0 Å². The SMILES string of the molecule is CCC(C(=O)NC(C)(C)C)N(Cc1ccccc1)C(=O)CCCN(c1cccc(C(F)(F)F)c1)S(C)(=O)=O. The Morgan fingerprint density at radius 1 is 1.00 bits per heavy atom. The van der Waals surface area contributed by atoms with Crippen LogP contribution in [0, 0.1) is 0 Å². The molecule has 1 N–H and O–H groups in total. The van der Waals surface area contributed by atoms with E-state index in [-0.39, 0.29) is 43.4 Å². The maximum absolute atomic E-state index is 13.4. The van der Waals surface area contributed by atoms with Crippen LogP contribution < -0.4 is 9.62 Å². The second kappa shape index (κ2) is 12.6. The summed E-state index contributed by atoms with van der Waals surface area (Å²) in [4.78, 5) is 27.9. The van der Waals surface area contributed by atoms with E-state index in [2.05, 4.69) is 5.32 Å². The van der Waals surface area contributed by atoms with Crippen LogP contribution in [0.15, 0.2) is 54.6 Å². The molecule has 0 aromatic heterocycles. The number of rotatable bonds is 11. The number of alkyl halides is 3. The predicted octanol–water partition coefficient (Wildman–Crippen LogP) is 4.97. The third-order valence-corrected chi connectivity index (χ3v) is 6.89. The van der Waals surface area contributed by atoms with Crippen LogP contribution in [0.25, 0.3) is 0 Å². The summed E-state index contributed by atoms with van der Waals surface area (Å²) in [5, 5.41) is 2.91. The van der Waals surface area contributed by atoms with E-state index in [1.54, 1.807) is 6.92 Å². The van der Waals surface area contributed by atoms with Gasteiger partial charge in [0.05, 0.1) is 17.5 Å². The third-order valence-electron chi connectivity index (χ3n) is 5.69. The molecule has 210 valence electrons. The predicted molar refractivity (Wildman–Crippen MR) is 142 cm³/mol. The van der Waals surface area contributed by atoms with Crippen LogP contribution in [-0.4, -0.2) is 49.5 Å². The molecule has 2 aromatic rings. The molecule has 0 radical (unpaired) electrons. The van der Waals surface area contributed by atoms with Gasteiger partial charge in [-0.3, -0.25) is 13.9 Å². The van der Waals surface area contributed by atoms with E-state index in [9.17, 15) is 31.2 Å². The molecule has 0 heterocycles. The molecule has 0 bridgehead atoms. The van der Waals surface area contributed by atoms with Crippen molar-refractivity contribution in [2.24, 2.45) is 0 Å². The number of carbonyl (C=O) groups is 2.